The third kappa shape index (κ3) is 5.01. The number of benzene rings is 2. The lowest BCUT2D eigenvalue weighted by molar-refractivity contribution is -0.0246. The molecule has 0 aliphatic carbocycles. The Morgan fingerprint density at radius 1 is 0.895 bits per heavy atom. The normalized spacial score (nSPS) is 11.6. The molecule has 0 fully saturated rings. The molecule has 102 valence electrons. The Morgan fingerprint density at radius 2 is 1.47 bits per heavy atom. The van der Waals surface area contributed by atoms with Gasteiger partial charge in [-0.2, -0.15) is 0 Å². The van der Waals surface area contributed by atoms with Crippen molar-refractivity contribution >= 4 is 12.4 Å². The van der Waals surface area contributed by atoms with Crippen LogP contribution in [-0.2, 0) is 16.2 Å². The standard InChI is InChI=1S/C15H17NO2.ClH/c16-18-15(14-9-5-2-6-10-14)12-17-11-13-7-3-1-4-8-13;/h1-10,15H,11-12,16H2;1H. The van der Waals surface area contributed by atoms with Crippen LogP contribution in [0, 0.1) is 0 Å². The van der Waals surface area contributed by atoms with E-state index >= 15 is 0 Å². The first-order valence-corrected chi connectivity index (χ1v) is 5.92. The van der Waals surface area contributed by atoms with Gasteiger partial charge in [0, 0.05) is 0 Å². The highest BCUT2D eigenvalue weighted by molar-refractivity contribution is 5.85. The first-order valence-electron chi connectivity index (χ1n) is 5.92. The molecule has 0 saturated heterocycles. The zero-order chi connectivity index (χ0) is 12.6. The number of nitrogens with two attached hydrogens (primary N) is 1. The number of halogens is 1. The maximum Gasteiger partial charge on any atom is 0.127 e. The Balaban J connectivity index is 0.00000180. The summed E-state index contributed by atoms with van der Waals surface area (Å²) >= 11 is 0. The Labute approximate surface area is 119 Å². The van der Waals surface area contributed by atoms with E-state index in [9.17, 15) is 0 Å². The van der Waals surface area contributed by atoms with Crippen molar-refractivity contribution in [1.29, 1.82) is 0 Å². The maximum absolute atomic E-state index is 5.62. The first kappa shape index (κ1) is 15.7. The summed E-state index contributed by atoms with van der Waals surface area (Å²) in [5, 5.41) is 0. The minimum atomic E-state index is -0.227. The molecule has 0 aliphatic heterocycles. The molecule has 0 aliphatic rings. The molecule has 4 heteroatoms. The highest BCUT2D eigenvalue weighted by Gasteiger charge is 2.10. The fourth-order valence-corrected chi connectivity index (χ4v) is 1.74. The van der Waals surface area contributed by atoms with Crippen LogP contribution in [-0.4, -0.2) is 6.61 Å². The third-order valence-corrected chi connectivity index (χ3v) is 2.72. The van der Waals surface area contributed by atoms with Crippen molar-refractivity contribution in [3.05, 3.63) is 71.8 Å². The summed E-state index contributed by atoms with van der Waals surface area (Å²) in [4.78, 5) is 4.95. The van der Waals surface area contributed by atoms with Crippen molar-refractivity contribution in [3.8, 4) is 0 Å². The topological polar surface area (TPSA) is 44.5 Å². The van der Waals surface area contributed by atoms with Crippen LogP contribution < -0.4 is 5.90 Å². The molecule has 0 aromatic heterocycles. The number of hydrogen-bond acceptors (Lipinski definition) is 3. The van der Waals surface area contributed by atoms with Crippen LogP contribution >= 0.6 is 12.4 Å². The lowest BCUT2D eigenvalue weighted by Crippen LogP contribution is -2.15. The monoisotopic (exact) mass is 279 g/mol. The summed E-state index contributed by atoms with van der Waals surface area (Å²) in [5.41, 5.74) is 2.16. The Morgan fingerprint density at radius 3 is 2.05 bits per heavy atom. The van der Waals surface area contributed by atoms with Crippen molar-refractivity contribution in [3.63, 3.8) is 0 Å². The van der Waals surface area contributed by atoms with E-state index in [0.717, 1.165) is 11.1 Å². The van der Waals surface area contributed by atoms with Crippen LogP contribution in [0.1, 0.15) is 17.2 Å². The van der Waals surface area contributed by atoms with E-state index in [1.54, 1.807) is 0 Å². The smallest absolute Gasteiger partial charge is 0.127 e. The Bertz CT molecular complexity index is 450. The number of hydrogen-bond donors (Lipinski definition) is 1. The van der Waals surface area contributed by atoms with Crippen LogP contribution in [0.25, 0.3) is 0 Å². The zero-order valence-corrected chi connectivity index (χ0v) is 11.4. The van der Waals surface area contributed by atoms with Crippen LogP contribution in [0.2, 0.25) is 0 Å². The second kappa shape index (κ2) is 8.67. The summed E-state index contributed by atoms with van der Waals surface area (Å²) in [7, 11) is 0. The van der Waals surface area contributed by atoms with E-state index < -0.39 is 0 Å². The third-order valence-electron chi connectivity index (χ3n) is 2.72. The summed E-state index contributed by atoms with van der Waals surface area (Å²) in [5.74, 6) is 5.30. The minimum absolute atomic E-state index is 0. The van der Waals surface area contributed by atoms with Gasteiger partial charge in [-0.15, -0.1) is 12.4 Å². The molecule has 19 heavy (non-hydrogen) atoms. The van der Waals surface area contributed by atoms with Gasteiger partial charge >= 0.3 is 0 Å². The van der Waals surface area contributed by atoms with Gasteiger partial charge in [-0.3, -0.25) is 4.84 Å². The molecule has 2 rings (SSSR count). The Hall–Kier alpha value is -1.39. The maximum atomic E-state index is 5.62. The van der Waals surface area contributed by atoms with Gasteiger partial charge < -0.3 is 4.74 Å². The summed E-state index contributed by atoms with van der Waals surface area (Å²) < 4.78 is 5.62. The number of ether oxygens (including phenoxy) is 1. The fourth-order valence-electron chi connectivity index (χ4n) is 1.74. The van der Waals surface area contributed by atoms with Crippen molar-refractivity contribution in [1.82, 2.24) is 0 Å². The first-order chi connectivity index (χ1) is 8.90. The lowest BCUT2D eigenvalue weighted by atomic mass is 10.1. The highest BCUT2D eigenvalue weighted by atomic mass is 35.5. The van der Waals surface area contributed by atoms with Gasteiger partial charge in [0.2, 0.25) is 0 Å². The van der Waals surface area contributed by atoms with Crippen molar-refractivity contribution in [2.45, 2.75) is 12.7 Å². The van der Waals surface area contributed by atoms with Crippen LogP contribution in [0.4, 0.5) is 0 Å². The SMILES string of the molecule is Cl.NOC(COCc1ccccc1)c1ccccc1. The van der Waals surface area contributed by atoms with Gasteiger partial charge in [-0.05, 0) is 11.1 Å². The van der Waals surface area contributed by atoms with Gasteiger partial charge in [0.05, 0.1) is 13.2 Å². The van der Waals surface area contributed by atoms with E-state index in [2.05, 4.69) is 0 Å². The minimum Gasteiger partial charge on any atom is -0.374 e. The predicted octanol–water partition coefficient (Wildman–Crippen LogP) is 3.26. The van der Waals surface area contributed by atoms with E-state index in [4.69, 9.17) is 15.5 Å². The molecule has 1 atom stereocenters. The van der Waals surface area contributed by atoms with Gasteiger partial charge in [0.1, 0.15) is 6.10 Å². The van der Waals surface area contributed by atoms with Gasteiger partial charge in [-0.1, -0.05) is 60.7 Å². The molecule has 2 aromatic carbocycles. The summed E-state index contributed by atoms with van der Waals surface area (Å²) in [6.45, 7) is 1.00. The van der Waals surface area contributed by atoms with E-state index in [0.29, 0.717) is 13.2 Å². The van der Waals surface area contributed by atoms with Gasteiger partial charge in [0.25, 0.3) is 0 Å². The second-order valence-electron chi connectivity index (χ2n) is 4.04. The predicted molar refractivity (Wildman–Crippen MR) is 77.8 cm³/mol. The van der Waals surface area contributed by atoms with Crippen molar-refractivity contribution in [2.24, 2.45) is 5.90 Å². The molecule has 0 heterocycles. The molecule has 1 unspecified atom stereocenters. The molecule has 2 aromatic rings. The molecule has 0 saturated carbocycles. The average Bonchev–Trinajstić information content (AvgIpc) is 2.46. The average molecular weight is 280 g/mol. The zero-order valence-electron chi connectivity index (χ0n) is 10.6. The van der Waals surface area contributed by atoms with Gasteiger partial charge in [0.15, 0.2) is 0 Å². The van der Waals surface area contributed by atoms with Crippen molar-refractivity contribution in [2.75, 3.05) is 6.61 Å². The highest BCUT2D eigenvalue weighted by Crippen LogP contribution is 2.16. The van der Waals surface area contributed by atoms with Crippen LogP contribution in [0.5, 0.6) is 0 Å². The Kier molecular flexibility index (Phi) is 7.15. The molecule has 0 spiro atoms. The van der Waals surface area contributed by atoms with Gasteiger partial charge in [-0.25, -0.2) is 5.90 Å². The van der Waals surface area contributed by atoms with Crippen molar-refractivity contribution < 1.29 is 9.57 Å². The summed E-state index contributed by atoms with van der Waals surface area (Å²) in [6.07, 6.45) is -0.227. The molecule has 0 radical (unpaired) electrons. The van der Waals surface area contributed by atoms with E-state index in [1.165, 1.54) is 0 Å². The number of rotatable bonds is 6. The largest absolute Gasteiger partial charge is 0.374 e. The van der Waals surface area contributed by atoms with E-state index in [-0.39, 0.29) is 18.5 Å². The molecular formula is C15H18ClNO2. The van der Waals surface area contributed by atoms with E-state index in [1.807, 2.05) is 60.7 Å². The molecule has 2 N–H and O–H groups in total. The lowest BCUT2D eigenvalue weighted by Gasteiger charge is -2.15. The molecule has 0 amide bonds. The fraction of sp³-hybridized carbons (Fsp3) is 0.200. The summed E-state index contributed by atoms with van der Waals surface area (Å²) in [6, 6.07) is 19.9. The molecule has 0 bridgehead atoms. The second-order valence-corrected chi connectivity index (χ2v) is 4.04. The molecule has 3 nitrogen and oxygen atoms in total. The quantitative estimate of drug-likeness (QED) is 0.826. The van der Waals surface area contributed by atoms with Crippen LogP contribution in [0.3, 0.4) is 0 Å². The van der Waals surface area contributed by atoms with Crippen LogP contribution in [0.15, 0.2) is 60.7 Å². The molecular weight excluding hydrogens is 262 g/mol.